The lowest BCUT2D eigenvalue weighted by atomic mass is 10.1. The van der Waals surface area contributed by atoms with Crippen molar-refractivity contribution in [1.82, 2.24) is 10.2 Å². The molecule has 0 unspecified atom stereocenters. The molecule has 0 radical (unpaired) electrons. The molecule has 0 saturated carbocycles. The van der Waals surface area contributed by atoms with E-state index >= 15 is 0 Å². The first-order chi connectivity index (χ1) is 14.3. The van der Waals surface area contributed by atoms with Crippen LogP contribution in [0, 0.1) is 0 Å². The minimum absolute atomic E-state index is 0.0242. The average Bonchev–Trinajstić information content (AvgIpc) is 2.72. The molecule has 30 heavy (non-hydrogen) atoms. The SMILES string of the molecule is CC[C@@H](C(=O)NC(C)C)N(Cc1ccc(OC)cc1)C(=O)COc1ccccc1Cl. The quantitative estimate of drug-likeness (QED) is 0.614. The number of hydrogen-bond donors (Lipinski definition) is 1. The molecule has 2 rings (SSSR count). The fourth-order valence-electron chi connectivity index (χ4n) is 3.01. The number of nitrogens with one attached hydrogen (secondary N) is 1. The van der Waals surface area contributed by atoms with E-state index in [0.29, 0.717) is 17.2 Å². The van der Waals surface area contributed by atoms with Gasteiger partial charge in [0, 0.05) is 12.6 Å². The van der Waals surface area contributed by atoms with Gasteiger partial charge in [0.15, 0.2) is 6.61 Å². The average molecular weight is 433 g/mol. The largest absolute Gasteiger partial charge is 0.497 e. The topological polar surface area (TPSA) is 67.9 Å². The maximum atomic E-state index is 13.1. The van der Waals surface area contributed by atoms with Gasteiger partial charge in [-0.1, -0.05) is 42.8 Å². The maximum Gasteiger partial charge on any atom is 0.261 e. The summed E-state index contributed by atoms with van der Waals surface area (Å²) in [6.07, 6.45) is 0.479. The van der Waals surface area contributed by atoms with Crippen LogP contribution in [0.4, 0.5) is 0 Å². The highest BCUT2D eigenvalue weighted by Crippen LogP contribution is 2.23. The van der Waals surface area contributed by atoms with Crippen LogP contribution in [0.3, 0.4) is 0 Å². The van der Waals surface area contributed by atoms with E-state index in [4.69, 9.17) is 21.1 Å². The molecule has 0 spiro atoms. The number of nitrogens with zero attached hydrogens (tertiary/aromatic N) is 1. The molecule has 6 nitrogen and oxygen atoms in total. The highest BCUT2D eigenvalue weighted by atomic mass is 35.5. The predicted octanol–water partition coefficient (Wildman–Crippen LogP) is 4.06. The van der Waals surface area contributed by atoms with Crippen LogP contribution in [0.15, 0.2) is 48.5 Å². The third kappa shape index (κ3) is 6.66. The van der Waals surface area contributed by atoms with Gasteiger partial charge in [-0.3, -0.25) is 9.59 Å². The third-order valence-electron chi connectivity index (χ3n) is 4.52. The van der Waals surface area contributed by atoms with Crippen molar-refractivity contribution in [1.29, 1.82) is 0 Å². The number of hydrogen-bond acceptors (Lipinski definition) is 4. The standard InChI is InChI=1S/C23H29ClN2O4/c1-5-20(23(28)25-16(2)3)26(14-17-10-12-18(29-4)13-11-17)22(27)15-30-21-9-7-6-8-19(21)24/h6-13,16,20H,5,14-15H2,1-4H3,(H,25,28)/t20-/m0/s1. The van der Waals surface area contributed by atoms with Crippen LogP contribution in [0.25, 0.3) is 0 Å². The summed E-state index contributed by atoms with van der Waals surface area (Å²) in [6, 6.07) is 13.7. The van der Waals surface area contributed by atoms with E-state index in [0.717, 1.165) is 11.3 Å². The van der Waals surface area contributed by atoms with Crippen molar-refractivity contribution in [2.75, 3.05) is 13.7 Å². The fraction of sp³-hybridized carbons (Fsp3) is 0.391. The molecule has 0 aliphatic carbocycles. The van der Waals surface area contributed by atoms with Crippen molar-refractivity contribution < 1.29 is 19.1 Å². The lowest BCUT2D eigenvalue weighted by Gasteiger charge is -2.31. The van der Waals surface area contributed by atoms with Gasteiger partial charge in [0.25, 0.3) is 5.91 Å². The third-order valence-corrected chi connectivity index (χ3v) is 4.83. The molecule has 1 N–H and O–H groups in total. The number of methoxy groups -OCH3 is 1. The molecular formula is C23H29ClN2O4. The molecule has 0 aliphatic heterocycles. The Morgan fingerprint density at radius 2 is 1.77 bits per heavy atom. The first-order valence-electron chi connectivity index (χ1n) is 9.95. The van der Waals surface area contributed by atoms with Crippen molar-refractivity contribution in [2.45, 2.75) is 45.8 Å². The molecule has 0 aromatic heterocycles. The van der Waals surface area contributed by atoms with E-state index in [9.17, 15) is 9.59 Å². The monoisotopic (exact) mass is 432 g/mol. The molecule has 1 atom stereocenters. The van der Waals surface area contributed by atoms with Crippen LogP contribution < -0.4 is 14.8 Å². The van der Waals surface area contributed by atoms with Gasteiger partial charge in [0.05, 0.1) is 12.1 Å². The lowest BCUT2D eigenvalue weighted by Crippen LogP contribution is -2.51. The summed E-state index contributed by atoms with van der Waals surface area (Å²) in [6.45, 7) is 5.72. The summed E-state index contributed by atoms with van der Waals surface area (Å²) in [5.74, 6) is 0.670. The van der Waals surface area contributed by atoms with Gasteiger partial charge in [0.1, 0.15) is 17.5 Å². The number of halogens is 1. The summed E-state index contributed by atoms with van der Waals surface area (Å²) in [5, 5.41) is 3.33. The zero-order chi connectivity index (χ0) is 22.1. The molecular weight excluding hydrogens is 404 g/mol. The number of rotatable bonds is 10. The minimum atomic E-state index is -0.614. The van der Waals surface area contributed by atoms with Crippen molar-refractivity contribution in [3.05, 3.63) is 59.1 Å². The van der Waals surface area contributed by atoms with E-state index in [-0.39, 0.29) is 31.0 Å². The van der Waals surface area contributed by atoms with Crippen LogP contribution in [0.1, 0.15) is 32.8 Å². The second kappa shape index (κ2) is 11.5. The van der Waals surface area contributed by atoms with E-state index in [2.05, 4.69) is 5.32 Å². The van der Waals surface area contributed by atoms with Gasteiger partial charge in [-0.25, -0.2) is 0 Å². The van der Waals surface area contributed by atoms with E-state index in [1.807, 2.05) is 45.0 Å². The Morgan fingerprint density at radius 3 is 2.33 bits per heavy atom. The van der Waals surface area contributed by atoms with Crippen LogP contribution in [0.5, 0.6) is 11.5 Å². The number of benzene rings is 2. The lowest BCUT2D eigenvalue weighted by molar-refractivity contribution is -0.143. The van der Waals surface area contributed by atoms with Crippen molar-refractivity contribution >= 4 is 23.4 Å². The highest BCUT2D eigenvalue weighted by molar-refractivity contribution is 6.32. The van der Waals surface area contributed by atoms with Gasteiger partial charge < -0.3 is 19.7 Å². The van der Waals surface area contributed by atoms with E-state index in [1.54, 1.807) is 36.3 Å². The molecule has 0 aliphatic rings. The zero-order valence-electron chi connectivity index (χ0n) is 17.9. The second-order valence-electron chi connectivity index (χ2n) is 7.18. The number of ether oxygens (including phenoxy) is 2. The first-order valence-corrected chi connectivity index (χ1v) is 10.3. The van der Waals surface area contributed by atoms with Crippen molar-refractivity contribution in [2.24, 2.45) is 0 Å². The Morgan fingerprint density at radius 1 is 1.10 bits per heavy atom. The summed E-state index contributed by atoms with van der Waals surface area (Å²) < 4.78 is 10.8. The van der Waals surface area contributed by atoms with Gasteiger partial charge >= 0.3 is 0 Å². The summed E-state index contributed by atoms with van der Waals surface area (Å²) in [4.78, 5) is 27.4. The molecule has 2 aromatic rings. The Balaban J connectivity index is 2.22. The molecule has 0 saturated heterocycles. The van der Waals surface area contributed by atoms with E-state index < -0.39 is 6.04 Å². The first kappa shape index (κ1) is 23.5. The summed E-state index contributed by atoms with van der Waals surface area (Å²) in [5.41, 5.74) is 0.887. The van der Waals surface area contributed by atoms with Crippen molar-refractivity contribution in [3.8, 4) is 11.5 Å². The molecule has 2 amide bonds. The smallest absolute Gasteiger partial charge is 0.261 e. The second-order valence-corrected chi connectivity index (χ2v) is 7.58. The van der Waals surface area contributed by atoms with Crippen LogP contribution in [-0.2, 0) is 16.1 Å². The minimum Gasteiger partial charge on any atom is -0.497 e. The Labute approximate surface area is 183 Å². The van der Waals surface area contributed by atoms with Crippen molar-refractivity contribution in [3.63, 3.8) is 0 Å². The van der Waals surface area contributed by atoms with Crippen LogP contribution >= 0.6 is 11.6 Å². The molecule has 7 heteroatoms. The number of carbonyl (C=O) groups excluding carboxylic acids is 2. The summed E-state index contributed by atoms with van der Waals surface area (Å²) >= 11 is 6.12. The Bertz CT molecular complexity index is 839. The number of carbonyl (C=O) groups is 2. The van der Waals surface area contributed by atoms with Crippen LogP contribution in [0.2, 0.25) is 5.02 Å². The van der Waals surface area contributed by atoms with Gasteiger partial charge in [-0.15, -0.1) is 0 Å². The molecule has 162 valence electrons. The molecule has 0 fully saturated rings. The van der Waals surface area contributed by atoms with Crippen LogP contribution in [-0.4, -0.2) is 42.5 Å². The molecule has 0 heterocycles. The number of para-hydroxylation sites is 1. The predicted molar refractivity (Wildman–Crippen MR) is 118 cm³/mol. The summed E-state index contributed by atoms with van der Waals surface area (Å²) in [7, 11) is 1.60. The van der Waals surface area contributed by atoms with Gasteiger partial charge in [-0.05, 0) is 50.1 Å². The highest BCUT2D eigenvalue weighted by Gasteiger charge is 2.29. The maximum absolute atomic E-state index is 13.1. The zero-order valence-corrected chi connectivity index (χ0v) is 18.6. The van der Waals surface area contributed by atoms with Gasteiger partial charge in [0.2, 0.25) is 5.91 Å². The number of amides is 2. The normalized spacial score (nSPS) is 11.7. The van der Waals surface area contributed by atoms with Gasteiger partial charge in [-0.2, -0.15) is 0 Å². The van der Waals surface area contributed by atoms with E-state index in [1.165, 1.54) is 0 Å². The molecule has 0 bridgehead atoms. The Hall–Kier alpha value is -2.73. The fourth-order valence-corrected chi connectivity index (χ4v) is 3.20. The Kier molecular flexibility index (Phi) is 8.99. The molecule has 2 aromatic carbocycles.